The fourth-order valence-electron chi connectivity index (χ4n) is 3.82. The Balaban J connectivity index is 0.000000204. The van der Waals surface area contributed by atoms with E-state index < -0.39 is 0 Å². The summed E-state index contributed by atoms with van der Waals surface area (Å²) in [5.74, 6) is 0. The highest BCUT2D eigenvalue weighted by Gasteiger charge is 2.13. The van der Waals surface area contributed by atoms with E-state index >= 15 is 0 Å². The third-order valence-electron chi connectivity index (χ3n) is 5.12. The maximum absolute atomic E-state index is 6.09. The van der Waals surface area contributed by atoms with Gasteiger partial charge in [0, 0.05) is 16.9 Å². The molecule has 3 aromatic carbocycles. The van der Waals surface area contributed by atoms with Gasteiger partial charge in [0.2, 0.25) is 0 Å². The van der Waals surface area contributed by atoms with Crippen molar-refractivity contribution in [3.8, 4) is 0 Å². The smallest absolute Gasteiger partial charge is 0.0412 e. The Morgan fingerprint density at radius 3 is 2.38 bits per heavy atom. The van der Waals surface area contributed by atoms with Crippen LogP contribution >= 0.6 is 11.6 Å². The lowest BCUT2D eigenvalue weighted by atomic mass is 9.86. The molecule has 0 amide bonds. The number of aromatic nitrogens is 1. The van der Waals surface area contributed by atoms with Crippen molar-refractivity contribution in [3.63, 3.8) is 0 Å². The molecule has 0 spiro atoms. The lowest BCUT2D eigenvalue weighted by Crippen LogP contribution is -2.03. The molecule has 0 saturated heterocycles. The first-order valence-electron chi connectivity index (χ1n) is 9.23. The van der Waals surface area contributed by atoms with Crippen LogP contribution in [0.4, 0.5) is 0 Å². The van der Waals surface area contributed by atoms with E-state index in [9.17, 15) is 0 Å². The first-order chi connectivity index (χ1) is 12.7. The van der Waals surface area contributed by atoms with Crippen molar-refractivity contribution in [1.29, 1.82) is 0 Å². The van der Waals surface area contributed by atoms with Crippen LogP contribution in [0.25, 0.3) is 21.5 Å². The van der Waals surface area contributed by atoms with Gasteiger partial charge in [0.1, 0.15) is 0 Å². The molecule has 0 bridgehead atoms. The van der Waals surface area contributed by atoms with Crippen LogP contribution in [-0.2, 0) is 12.8 Å². The van der Waals surface area contributed by atoms with E-state index in [4.69, 9.17) is 11.6 Å². The molecule has 0 unspecified atom stereocenters. The molecule has 2 heteroatoms. The Labute approximate surface area is 159 Å². The van der Waals surface area contributed by atoms with Gasteiger partial charge in [-0.3, -0.25) is 4.98 Å². The van der Waals surface area contributed by atoms with Crippen LogP contribution in [0.1, 0.15) is 29.7 Å². The minimum absolute atomic E-state index is 0.810. The summed E-state index contributed by atoms with van der Waals surface area (Å²) in [6, 6.07) is 21.1. The lowest BCUT2D eigenvalue weighted by molar-refractivity contribution is 0.690. The zero-order valence-electron chi connectivity index (χ0n) is 15.0. The average molecular weight is 360 g/mol. The predicted octanol–water partition coefficient (Wildman–Crippen LogP) is 6.92. The SMILES string of the molecule is Cc1ccccn1.Clc1ccc2c(ccc3c4c(ccc32)CCCC4)c1. The van der Waals surface area contributed by atoms with E-state index in [1.807, 2.05) is 31.2 Å². The molecule has 5 rings (SSSR count). The van der Waals surface area contributed by atoms with E-state index in [1.54, 1.807) is 17.3 Å². The van der Waals surface area contributed by atoms with E-state index in [1.165, 1.54) is 47.2 Å². The van der Waals surface area contributed by atoms with Crippen molar-refractivity contribution in [2.24, 2.45) is 0 Å². The Morgan fingerprint density at radius 1 is 0.808 bits per heavy atom. The molecular weight excluding hydrogens is 338 g/mol. The highest BCUT2D eigenvalue weighted by Crippen LogP contribution is 2.33. The standard InChI is InChI=1S/C18H15Cl.C6H7N/c19-14-7-10-16-13(11-14)6-9-17-15-4-2-1-3-12(15)5-8-18(16)17;1-6-4-2-3-5-7-6/h5-11H,1-4H2;2-5H,1H3. The molecule has 1 aromatic heterocycles. The molecule has 1 heterocycles. The van der Waals surface area contributed by atoms with Crippen molar-refractivity contribution in [1.82, 2.24) is 4.98 Å². The summed E-state index contributed by atoms with van der Waals surface area (Å²) in [6.45, 7) is 1.97. The molecule has 130 valence electrons. The van der Waals surface area contributed by atoms with E-state index in [-0.39, 0.29) is 0 Å². The number of rotatable bonds is 0. The van der Waals surface area contributed by atoms with Crippen LogP contribution in [0, 0.1) is 6.92 Å². The van der Waals surface area contributed by atoms with Crippen molar-refractivity contribution in [2.75, 3.05) is 0 Å². The van der Waals surface area contributed by atoms with Crippen LogP contribution in [0.5, 0.6) is 0 Å². The second-order valence-corrected chi connectivity index (χ2v) is 7.34. The quantitative estimate of drug-likeness (QED) is 0.311. The number of halogens is 1. The van der Waals surface area contributed by atoms with Gasteiger partial charge in [-0.25, -0.2) is 0 Å². The largest absolute Gasteiger partial charge is 0.262 e. The second-order valence-electron chi connectivity index (χ2n) is 6.91. The highest BCUT2D eigenvalue weighted by molar-refractivity contribution is 6.31. The number of pyridine rings is 1. The minimum atomic E-state index is 0.810. The molecule has 26 heavy (non-hydrogen) atoms. The highest BCUT2D eigenvalue weighted by atomic mass is 35.5. The first kappa shape index (κ1) is 17.1. The molecule has 1 aliphatic rings. The van der Waals surface area contributed by atoms with Gasteiger partial charge in [-0.1, -0.05) is 48.0 Å². The zero-order valence-corrected chi connectivity index (χ0v) is 15.8. The summed E-state index contributed by atoms with van der Waals surface area (Å²) >= 11 is 6.09. The van der Waals surface area contributed by atoms with Crippen molar-refractivity contribution in [2.45, 2.75) is 32.6 Å². The van der Waals surface area contributed by atoms with Gasteiger partial charge in [0.15, 0.2) is 0 Å². The maximum Gasteiger partial charge on any atom is 0.0412 e. The van der Waals surface area contributed by atoms with Crippen molar-refractivity contribution >= 4 is 33.1 Å². The van der Waals surface area contributed by atoms with Crippen LogP contribution in [0.2, 0.25) is 5.02 Å². The topological polar surface area (TPSA) is 12.9 Å². The average Bonchev–Trinajstić information content (AvgIpc) is 2.68. The van der Waals surface area contributed by atoms with Gasteiger partial charge in [0.05, 0.1) is 0 Å². The summed E-state index contributed by atoms with van der Waals surface area (Å²) in [5, 5.41) is 6.16. The summed E-state index contributed by atoms with van der Waals surface area (Å²) in [7, 11) is 0. The van der Waals surface area contributed by atoms with E-state index in [0.29, 0.717) is 0 Å². The van der Waals surface area contributed by atoms with Crippen LogP contribution in [-0.4, -0.2) is 4.98 Å². The van der Waals surface area contributed by atoms with E-state index in [0.717, 1.165) is 10.7 Å². The second kappa shape index (κ2) is 7.47. The first-order valence-corrected chi connectivity index (χ1v) is 9.60. The fourth-order valence-corrected chi connectivity index (χ4v) is 4.00. The number of nitrogens with zero attached hydrogens (tertiary/aromatic N) is 1. The summed E-state index contributed by atoms with van der Waals surface area (Å²) in [6.07, 6.45) is 6.91. The molecule has 0 atom stereocenters. The lowest BCUT2D eigenvalue weighted by Gasteiger charge is -2.18. The molecular formula is C24H22ClN. The maximum atomic E-state index is 6.09. The summed E-state index contributed by atoms with van der Waals surface area (Å²) in [4.78, 5) is 3.98. The Morgan fingerprint density at radius 2 is 1.62 bits per heavy atom. The minimum Gasteiger partial charge on any atom is -0.262 e. The van der Waals surface area contributed by atoms with Gasteiger partial charge in [-0.15, -0.1) is 0 Å². The molecule has 0 aliphatic heterocycles. The third kappa shape index (κ3) is 3.45. The number of hydrogen-bond donors (Lipinski definition) is 0. The van der Waals surface area contributed by atoms with Gasteiger partial charge < -0.3 is 0 Å². The normalized spacial score (nSPS) is 13.2. The van der Waals surface area contributed by atoms with Crippen molar-refractivity contribution in [3.05, 3.63) is 88.7 Å². The molecule has 1 nitrogen and oxygen atoms in total. The van der Waals surface area contributed by atoms with Gasteiger partial charge in [-0.05, 0) is 89.5 Å². The van der Waals surface area contributed by atoms with Gasteiger partial charge >= 0.3 is 0 Å². The molecule has 1 aliphatic carbocycles. The fraction of sp³-hybridized carbons (Fsp3) is 0.208. The molecule has 0 fully saturated rings. The Bertz CT molecular complexity index is 1050. The van der Waals surface area contributed by atoms with Crippen LogP contribution in [0.15, 0.2) is 66.9 Å². The number of aryl methyl sites for hydroxylation is 3. The van der Waals surface area contributed by atoms with Gasteiger partial charge in [-0.2, -0.15) is 0 Å². The Kier molecular flexibility index (Phi) is 4.90. The van der Waals surface area contributed by atoms with Crippen LogP contribution in [0.3, 0.4) is 0 Å². The molecule has 0 radical (unpaired) electrons. The van der Waals surface area contributed by atoms with Crippen LogP contribution < -0.4 is 0 Å². The molecule has 4 aromatic rings. The Hall–Kier alpha value is -2.38. The predicted molar refractivity (Wildman–Crippen MR) is 112 cm³/mol. The summed E-state index contributed by atoms with van der Waals surface area (Å²) in [5.41, 5.74) is 4.19. The van der Waals surface area contributed by atoms with E-state index in [2.05, 4.69) is 41.4 Å². The third-order valence-corrected chi connectivity index (χ3v) is 5.36. The number of hydrogen-bond acceptors (Lipinski definition) is 1. The van der Waals surface area contributed by atoms with Gasteiger partial charge in [0.25, 0.3) is 0 Å². The molecule has 0 saturated carbocycles. The number of benzene rings is 3. The number of fused-ring (bicyclic) bond motifs is 5. The van der Waals surface area contributed by atoms with Crippen molar-refractivity contribution < 1.29 is 0 Å². The molecule has 0 N–H and O–H groups in total. The monoisotopic (exact) mass is 359 g/mol. The zero-order chi connectivity index (χ0) is 17.9. The summed E-state index contributed by atoms with van der Waals surface area (Å²) < 4.78 is 0.